The number of para-hydroxylation sites is 1. The summed E-state index contributed by atoms with van der Waals surface area (Å²) < 4.78 is 2.26. The second-order valence-electron chi connectivity index (χ2n) is 6.28. The number of carboxylic acids is 1. The Bertz CT molecular complexity index is 676. The molecule has 1 aliphatic heterocycles. The molecule has 0 bridgehead atoms. The molecule has 1 N–H and O–H groups in total. The summed E-state index contributed by atoms with van der Waals surface area (Å²) in [5.41, 5.74) is 1.96. The molecule has 21 heavy (non-hydrogen) atoms. The number of aliphatic carboxylic acids is 1. The van der Waals surface area contributed by atoms with Crippen LogP contribution in [0.25, 0.3) is 10.9 Å². The lowest BCUT2D eigenvalue weighted by molar-refractivity contribution is -0.147. The van der Waals surface area contributed by atoms with Gasteiger partial charge in [0.2, 0.25) is 0 Å². The first-order valence-corrected chi connectivity index (χ1v) is 7.56. The molecule has 0 saturated carbocycles. The summed E-state index contributed by atoms with van der Waals surface area (Å²) in [5.74, 6) is -0.680. The normalized spacial score (nSPS) is 23.0. The van der Waals surface area contributed by atoms with E-state index in [9.17, 15) is 9.90 Å². The van der Waals surface area contributed by atoms with E-state index in [0.717, 1.165) is 26.1 Å². The molecular formula is C17H22N2O2. The summed E-state index contributed by atoms with van der Waals surface area (Å²) in [7, 11) is 0. The smallest absolute Gasteiger partial charge is 0.310 e. The highest BCUT2D eigenvalue weighted by atomic mass is 16.4. The van der Waals surface area contributed by atoms with Gasteiger partial charge in [-0.05, 0) is 38.4 Å². The summed E-state index contributed by atoms with van der Waals surface area (Å²) >= 11 is 0. The molecule has 0 amide bonds. The standard InChI is InChI=1S/C17H22N2O2/c1-3-19-11-13(14-6-4-5-7-15(14)19)10-18-9-8-17(2,12-18)16(20)21/h4-7,11H,3,8-10,12H2,1-2H3,(H,20,21). The molecule has 2 heterocycles. The van der Waals surface area contributed by atoms with Crippen LogP contribution in [-0.4, -0.2) is 33.6 Å². The van der Waals surface area contributed by atoms with Crippen LogP contribution in [-0.2, 0) is 17.9 Å². The Labute approximate surface area is 125 Å². The van der Waals surface area contributed by atoms with Crippen molar-refractivity contribution in [3.05, 3.63) is 36.0 Å². The van der Waals surface area contributed by atoms with Gasteiger partial charge in [0.1, 0.15) is 0 Å². The second kappa shape index (κ2) is 5.19. The molecular weight excluding hydrogens is 264 g/mol. The number of nitrogens with zero attached hydrogens (tertiary/aromatic N) is 2. The van der Waals surface area contributed by atoms with Gasteiger partial charge < -0.3 is 9.67 Å². The quantitative estimate of drug-likeness (QED) is 0.940. The molecule has 3 rings (SSSR count). The van der Waals surface area contributed by atoms with E-state index in [0.29, 0.717) is 6.54 Å². The van der Waals surface area contributed by atoms with Crippen LogP contribution in [0.1, 0.15) is 25.8 Å². The zero-order valence-electron chi connectivity index (χ0n) is 12.7. The van der Waals surface area contributed by atoms with Gasteiger partial charge in [-0.3, -0.25) is 9.69 Å². The van der Waals surface area contributed by atoms with Crippen molar-refractivity contribution in [2.24, 2.45) is 5.41 Å². The van der Waals surface area contributed by atoms with Gasteiger partial charge >= 0.3 is 5.97 Å². The van der Waals surface area contributed by atoms with Gasteiger partial charge in [-0.15, -0.1) is 0 Å². The van der Waals surface area contributed by atoms with Crippen molar-refractivity contribution in [1.82, 2.24) is 9.47 Å². The maximum atomic E-state index is 11.4. The summed E-state index contributed by atoms with van der Waals surface area (Å²) in [6.07, 6.45) is 2.94. The van der Waals surface area contributed by atoms with Gasteiger partial charge in [-0.2, -0.15) is 0 Å². The van der Waals surface area contributed by atoms with E-state index < -0.39 is 11.4 Å². The molecule has 1 unspecified atom stereocenters. The summed E-state index contributed by atoms with van der Waals surface area (Å²) in [6, 6.07) is 8.43. The van der Waals surface area contributed by atoms with Gasteiger partial charge in [0.15, 0.2) is 0 Å². The largest absolute Gasteiger partial charge is 0.481 e. The molecule has 4 heteroatoms. The first-order chi connectivity index (χ1) is 10.0. The summed E-state index contributed by atoms with van der Waals surface area (Å²) in [4.78, 5) is 13.6. The highest BCUT2D eigenvalue weighted by Crippen LogP contribution is 2.32. The molecule has 0 radical (unpaired) electrons. The number of benzene rings is 1. The molecule has 1 saturated heterocycles. The maximum Gasteiger partial charge on any atom is 0.310 e. The third-order valence-electron chi connectivity index (χ3n) is 4.67. The molecule has 1 atom stereocenters. The van der Waals surface area contributed by atoms with Crippen molar-refractivity contribution in [2.45, 2.75) is 33.4 Å². The van der Waals surface area contributed by atoms with Gasteiger partial charge in [-0.25, -0.2) is 0 Å². The Morgan fingerprint density at radius 1 is 1.38 bits per heavy atom. The first kappa shape index (κ1) is 14.1. The Hall–Kier alpha value is -1.81. The van der Waals surface area contributed by atoms with E-state index in [1.807, 2.05) is 6.92 Å². The molecule has 4 nitrogen and oxygen atoms in total. The van der Waals surface area contributed by atoms with Gasteiger partial charge in [0, 0.05) is 36.7 Å². The average molecular weight is 286 g/mol. The third kappa shape index (κ3) is 2.44. The zero-order chi connectivity index (χ0) is 15.0. The number of hydrogen-bond acceptors (Lipinski definition) is 2. The van der Waals surface area contributed by atoms with Gasteiger partial charge in [-0.1, -0.05) is 18.2 Å². The number of likely N-dealkylation sites (tertiary alicyclic amines) is 1. The van der Waals surface area contributed by atoms with E-state index in [1.54, 1.807) is 0 Å². The fourth-order valence-electron chi connectivity index (χ4n) is 3.32. The number of hydrogen-bond donors (Lipinski definition) is 1. The zero-order valence-corrected chi connectivity index (χ0v) is 12.7. The van der Waals surface area contributed by atoms with Crippen LogP contribution >= 0.6 is 0 Å². The van der Waals surface area contributed by atoms with E-state index in [2.05, 4.69) is 46.9 Å². The number of fused-ring (bicyclic) bond motifs is 1. The molecule has 1 aliphatic rings. The lowest BCUT2D eigenvalue weighted by atomic mass is 9.90. The minimum absolute atomic E-state index is 0.594. The molecule has 1 aromatic heterocycles. The Balaban J connectivity index is 1.85. The van der Waals surface area contributed by atoms with E-state index >= 15 is 0 Å². The van der Waals surface area contributed by atoms with Crippen molar-refractivity contribution in [2.75, 3.05) is 13.1 Å². The number of carboxylic acid groups (broad SMARTS) is 1. The van der Waals surface area contributed by atoms with Crippen molar-refractivity contribution in [1.29, 1.82) is 0 Å². The number of aromatic nitrogens is 1. The topological polar surface area (TPSA) is 45.5 Å². The van der Waals surface area contributed by atoms with Crippen LogP contribution < -0.4 is 0 Å². The minimum atomic E-state index is -0.680. The molecule has 2 aromatic rings. The molecule has 1 aromatic carbocycles. The van der Waals surface area contributed by atoms with E-state index in [1.165, 1.54) is 16.5 Å². The average Bonchev–Trinajstić information content (AvgIpc) is 3.02. The summed E-state index contributed by atoms with van der Waals surface area (Å²) in [6.45, 7) is 7.27. The fraction of sp³-hybridized carbons (Fsp3) is 0.471. The van der Waals surface area contributed by atoms with Gasteiger partial charge in [0.05, 0.1) is 5.41 Å². The SMILES string of the molecule is CCn1cc(CN2CCC(C)(C(=O)O)C2)c2ccccc21. The highest BCUT2D eigenvalue weighted by Gasteiger charge is 2.40. The predicted octanol–water partition coefficient (Wildman–Crippen LogP) is 2.96. The second-order valence-corrected chi connectivity index (χ2v) is 6.28. The van der Waals surface area contributed by atoms with Crippen LogP contribution in [0.3, 0.4) is 0 Å². The lowest BCUT2D eigenvalue weighted by Crippen LogP contribution is -2.31. The third-order valence-corrected chi connectivity index (χ3v) is 4.67. The maximum absolute atomic E-state index is 11.4. The highest BCUT2D eigenvalue weighted by molar-refractivity contribution is 5.84. The molecule has 0 aliphatic carbocycles. The molecule has 0 spiro atoms. The van der Waals surface area contributed by atoms with Crippen LogP contribution in [0.2, 0.25) is 0 Å². The van der Waals surface area contributed by atoms with Crippen LogP contribution in [0, 0.1) is 5.41 Å². The Morgan fingerprint density at radius 3 is 2.81 bits per heavy atom. The molecule has 1 fully saturated rings. The number of rotatable bonds is 4. The van der Waals surface area contributed by atoms with Crippen molar-refractivity contribution in [3.63, 3.8) is 0 Å². The number of aryl methyl sites for hydroxylation is 1. The van der Waals surface area contributed by atoms with Crippen LogP contribution in [0.5, 0.6) is 0 Å². The van der Waals surface area contributed by atoms with Crippen molar-refractivity contribution < 1.29 is 9.90 Å². The Kier molecular flexibility index (Phi) is 3.49. The van der Waals surface area contributed by atoms with Crippen molar-refractivity contribution >= 4 is 16.9 Å². The van der Waals surface area contributed by atoms with Crippen LogP contribution in [0.15, 0.2) is 30.5 Å². The van der Waals surface area contributed by atoms with E-state index in [4.69, 9.17) is 0 Å². The Morgan fingerprint density at radius 2 is 2.14 bits per heavy atom. The molecule has 112 valence electrons. The van der Waals surface area contributed by atoms with E-state index in [-0.39, 0.29) is 0 Å². The van der Waals surface area contributed by atoms with Crippen LogP contribution in [0.4, 0.5) is 0 Å². The summed E-state index contributed by atoms with van der Waals surface area (Å²) in [5, 5.41) is 10.6. The fourth-order valence-corrected chi connectivity index (χ4v) is 3.32. The first-order valence-electron chi connectivity index (χ1n) is 7.56. The number of carbonyl (C=O) groups is 1. The van der Waals surface area contributed by atoms with Gasteiger partial charge in [0.25, 0.3) is 0 Å². The predicted molar refractivity (Wildman–Crippen MR) is 83.2 cm³/mol. The minimum Gasteiger partial charge on any atom is -0.481 e. The van der Waals surface area contributed by atoms with Crippen molar-refractivity contribution in [3.8, 4) is 0 Å². The lowest BCUT2D eigenvalue weighted by Gasteiger charge is -2.19. The monoisotopic (exact) mass is 286 g/mol.